The number of fused-ring (bicyclic) bond motifs is 1. The number of benzene rings is 2. The Balaban J connectivity index is 0. The maximum Gasteiger partial charge on any atom is 0.673 e. The van der Waals surface area contributed by atoms with Crippen molar-refractivity contribution in [2.24, 2.45) is 0 Å². The lowest BCUT2D eigenvalue weighted by molar-refractivity contribution is 0.366. The van der Waals surface area contributed by atoms with Crippen LogP contribution in [0.4, 0.5) is 51.8 Å². The minimum atomic E-state index is -6.00. The lowest BCUT2D eigenvalue weighted by Gasteiger charge is -2.44. The van der Waals surface area contributed by atoms with Crippen LogP contribution < -0.4 is 5.19 Å². The molecule has 2 aromatic rings. The van der Waals surface area contributed by atoms with E-state index in [1.807, 2.05) is 0 Å². The van der Waals surface area contributed by atoms with Crippen LogP contribution in [0.15, 0.2) is 42.5 Å². The van der Waals surface area contributed by atoms with Gasteiger partial charge in [0.2, 0.25) is 0 Å². The lowest BCUT2D eigenvalue weighted by Crippen LogP contribution is -2.55. The third-order valence-corrected chi connectivity index (χ3v) is 12.2. The highest BCUT2D eigenvalue weighted by Gasteiger charge is 2.44. The summed E-state index contributed by atoms with van der Waals surface area (Å²) in [6.07, 6.45) is 0. The normalized spacial score (nSPS) is 12.5. The molecule has 0 bridgehead atoms. The lowest BCUT2D eigenvalue weighted by atomic mass is 10.1. The van der Waals surface area contributed by atoms with Crippen LogP contribution in [0.1, 0.15) is 41.5 Å². The maximum absolute atomic E-state index is 9.75. The molecule has 0 heterocycles. The van der Waals surface area contributed by atoms with Gasteiger partial charge in [-0.05, 0) is 27.4 Å². The zero-order chi connectivity index (χ0) is 28.4. The van der Waals surface area contributed by atoms with Crippen molar-refractivity contribution in [3.05, 3.63) is 42.5 Å². The Kier molecular flexibility index (Phi) is 14.3. The van der Waals surface area contributed by atoms with Crippen molar-refractivity contribution in [2.75, 3.05) is 0 Å². The minimum absolute atomic E-state index is 0.758. The first-order valence-corrected chi connectivity index (χ1v) is 12.8. The summed E-state index contributed by atoms with van der Waals surface area (Å²) in [6.45, 7) is 14.6. The average Bonchev–Trinajstić information content (AvgIpc) is 2.57. The van der Waals surface area contributed by atoms with Crippen LogP contribution in [0, 0.1) is 0 Å². The second-order valence-corrected chi connectivity index (χ2v) is 14.3. The molecule has 0 spiro atoms. The topological polar surface area (TPSA) is 0 Å². The van der Waals surface area contributed by atoms with Crippen LogP contribution in [0.3, 0.4) is 0 Å². The van der Waals surface area contributed by atoms with Gasteiger partial charge in [-0.15, -0.1) is 0 Å². The number of hydrogen-bond acceptors (Lipinski definition) is 0. The molecular weight excluding hydrogens is 517 g/mol. The number of hydrogen-bond donors (Lipinski definition) is 0. The van der Waals surface area contributed by atoms with Crippen LogP contribution in [0.25, 0.3) is 10.8 Å². The molecule has 204 valence electrons. The van der Waals surface area contributed by atoms with Crippen LogP contribution in [-0.4, -0.2) is 29.8 Å². The first-order valence-electron chi connectivity index (χ1n) is 10.5. The summed E-state index contributed by atoms with van der Waals surface area (Å²) in [5.41, 5.74) is 2.27. The second kappa shape index (κ2) is 14.1. The average molecular weight is 545 g/mol. The molecule has 2 aromatic carbocycles. The van der Waals surface area contributed by atoms with E-state index in [1.165, 1.54) is 10.8 Å². The van der Waals surface area contributed by atoms with Crippen molar-refractivity contribution in [1.82, 2.24) is 0 Å². The minimum Gasteiger partial charge on any atom is -0.418 e. The summed E-state index contributed by atoms with van der Waals surface area (Å²) in [4.78, 5) is 0. The summed E-state index contributed by atoms with van der Waals surface area (Å²) in [5, 5.41) is 4.54. The molecule has 35 heavy (non-hydrogen) atoms. The molecule has 0 unspecified atom stereocenters. The molecule has 2 rings (SSSR count). The summed E-state index contributed by atoms with van der Waals surface area (Å²) >= 11 is 0. The van der Waals surface area contributed by atoms with E-state index in [1.54, 1.807) is 5.19 Å². The van der Waals surface area contributed by atoms with Gasteiger partial charge in [-0.3, -0.25) is 0 Å². The van der Waals surface area contributed by atoms with Crippen molar-refractivity contribution >= 4 is 45.8 Å². The fourth-order valence-corrected chi connectivity index (χ4v) is 11.5. The molecule has 16 heteroatoms. The predicted octanol–water partition coefficient (Wildman–Crippen LogP) is 9.63. The van der Waals surface area contributed by atoms with Gasteiger partial charge in [-0.1, -0.05) is 89.2 Å². The Hall–Kier alpha value is -1.73. The van der Waals surface area contributed by atoms with E-state index in [2.05, 4.69) is 84.0 Å². The van der Waals surface area contributed by atoms with E-state index < -0.39 is 29.8 Å². The summed E-state index contributed by atoms with van der Waals surface area (Å²) < 4.78 is 117. The standard InChI is InChI=1S/C19H28Si.3BF4/c1-14(2)20(15(3)4,16(5)6)19-13-9-11-17-10-7-8-12-18(17)19;3*2-1(3,4)5/h7-16H,1-6H3;;;/q;3*-1. The van der Waals surface area contributed by atoms with E-state index in [0.29, 0.717) is 0 Å². The highest BCUT2D eigenvalue weighted by Crippen LogP contribution is 2.42. The van der Waals surface area contributed by atoms with Crippen LogP contribution in [0.2, 0.25) is 16.6 Å². The molecule has 0 aliphatic rings. The van der Waals surface area contributed by atoms with E-state index in [4.69, 9.17) is 0 Å². The Labute approximate surface area is 198 Å². The van der Waals surface area contributed by atoms with E-state index >= 15 is 0 Å². The molecule has 0 N–H and O–H groups in total. The van der Waals surface area contributed by atoms with Gasteiger partial charge in [0.15, 0.2) is 0 Å². The van der Waals surface area contributed by atoms with Crippen LogP contribution in [-0.2, 0) is 0 Å². The largest absolute Gasteiger partial charge is 0.673 e. The molecule has 0 aliphatic carbocycles. The fraction of sp³-hybridized carbons (Fsp3) is 0.474. The van der Waals surface area contributed by atoms with Gasteiger partial charge in [0, 0.05) is 0 Å². The Morgan fingerprint density at radius 3 is 1.09 bits per heavy atom. The van der Waals surface area contributed by atoms with Crippen LogP contribution in [0.5, 0.6) is 0 Å². The zero-order valence-electron chi connectivity index (χ0n) is 20.0. The van der Waals surface area contributed by atoms with Gasteiger partial charge in [-0.25, -0.2) is 0 Å². The highest BCUT2D eigenvalue weighted by molar-refractivity contribution is 6.96. The summed E-state index contributed by atoms with van der Waals surface area (Å²) in [7, 11) is -19.6. The molecule has 0 atom stereocenters. The number of halogens is 12. The molecule has 0 saturated carbocycles. The first kappa shape index (κ1) is 35.4. The fourth-order valence-electron chi connectivity index (χ4n) is 4.54. The SMILES string of the molecule is CC(C)[Si](c1cccc2ccccc12)(C(C)C)C(C)C.F[B-](F)(F)F.F[B-](F)(F)F.F[B-](F)(F)F. The van der Waals surface area contributed by atoms with Crippen molar-refractivity contribution in [3.63, 3.8) is 0 Å². The molecule has 0 amide bonds. The monoisotopic (exact) mass is 545 g/mol. The molecule has 0 nitrogen and oxygen atoms in total. The third-order valence-electron chi connectivity index (χ3n) is 5.12. The van der Waals surface area contributed by atoms with E-state index in [0.717, 1.165) is 16.6 Å². The third kappa shape index (κ3) is 15.8. The van der Waals surface area contributed by atoms with Gasteiger partial charge in [-0.2, -0.15) is 0 Å². The predicted molar refractivity (Wildman–Crippen MR) is 125 cm³/mol. The first-order chi connectivity index (χ1) is 15.4. The van der Waals surface area contributed by atoms with Gasteiger partial charge in [0.25, 0.3) is 0 Å². The second-order valence-electron chi connectivity index (χ2n) is 8.41. The molecule has 0 saturated heterocycles. The number of rotatable bonds is 4. The van der Waals surface area contributed by atoms with Crippen molar-refractivity contribution in [3.8, 4) is 0 Å². The van der Waals surface area contributed by atoms with Gasteiger partial charge >= 0.3 is 21.8 Å². The van der Waals surface area contributed by atoms with Crippen LogP contribution >= 0.6 is 0 Å². The molecule has 0 aromatic heterocycles. The maximum atomic E-state index is 9.75. The Morgan fingerprint density at radius 1 is 0.486 bits per heavy atom. The van der Waals surface area contributed by atoms with E-state index in [9.17, 15) is 51.8 Å². The Morgan fingerprint density at radius 2 is 0.771 bits per heavy atom. The van der Waals surface area contributed by atoms with E-state index in [-0.39, 0.29) is 0 Å². The van der Waals surface area contributed by atoms with Crippen molar-refractivity contribution in [2.45, 2.75) is 58.2 Å². The van der Waals surface area contributed by atoms with Gasteiger partial charge in [0.1, 0.15) is 0 Å². The molecular formula is C19H28B3F12Si-3. The van der Waals surface area contributed by atoms with Crippen molar-refractivity contribution < 1.29 is 51.8 Å². The summed E-state index contributed by atoms with van der Waals surface area (Å²) in [6, 6.07) is 15.8. The smallest absolute Gasteiger partial charge is 0.418 e. The summed E-state index contributed by atoms with van der Waals surface area (Å²) in [5.74, 6) is 0. The zero-order valence-corrected chi connectivity index (χ0v) is 21.0. The molecule has 0 aliphatic heterocycles. The van der Waals surface area contributed by atoms with Gasteiger partial charge in [0.05, 0.1) is 8.07 Å². The van der Waals surface area contributed by atoms with Gasteiger partial charge < -0.3 is 51.8 Å². The molecule has 0 fully saturated rings. The van der Waals surface area contributed by atoms with Crippen molar-refractivity contribution in [1.29, 1.82) is 0 Å². The quantitative estimate of drug-likeness (QED) is 0.265. The molecule has 0 radical (unpaired) electrons. The Bertz CT molecular complexity index is 791. The highest BCUT2D eigenvalue weighted by atomic mass is 28.3.